The predicted molar refractivity (Wildman–Crippen MR) is 120 cm³/mol. The van der Waals surface area contributed by atoms with E-state index in [0.717, 1.165) is 16.7 Å². The minimum Gasteiger partial charge on any atom is -0.479 e. The highest BCUT2D eigenvalue weighted by Crippen LogP contribution is 2.29. The molecule has 0 saturated heterocycles. The number of carboxylic acid groups (broad SMARTS) is 1. The van der Waals surface area contributed by atoms with Crippen molar-refractivity contribution in [1.82, 2.24) is 4.90 Å². The normalized spacial score (nSPS) is 15.3. The first-order chi connectivity index (χ1) is 14.5. The summed E-state index contributed by atoms with van der Waals surface area (Å²) < 4.78 is 5.29. The number of nitrogens with zero attached hydrogens (tertiary/aromatic N) is 1. The maximum Gasteiger partial charge on any atom is 0.333 e. The van der Waals surface area contributed by atoms with Gasteiger partial charge in [0.25, 0.3) is 0 Å². The van der Waals surface area contributed by atoms with Crippen LogP contribution in [0.1, 0.15) is 49.5 Å². The van der Waals surface area contributed by atoms with Crippen LogP contribution in [0.5, 0.6) is 0 Å². The quantitative estimate of drug-likeness (QED) is 0.578. The standard InChI is InChI=1S/C24H31NO4S/c1-3-29-22(24(27)28)12-18-8-10-19(11-9-18)20-14-21(30-16-20)15-25(2)23(26)13-17-6-4-5-7-17/h8-11,14,16-17,22H,3-7,12-13,15H2,1-2H3,(H,27,28)/t22-/m0/s1. The molecule has 162 valence electrons. The van der Waals surface area contributed by atoms with Gasteiger partial charge < -0.3 is 14.7 Å². The summed E-state index contributed by atoms with van der Waals surface area (Å²) in [5, 5.41) is 11.4. The van der Waals surface area contributed by atoms with E-state index in [1.165, 1.54) is 30.6 Å². The summed E-state index contributed by atoms with van der Waals surface area (Å²) in [6, 6.07) is 10.1. The van der Waals surface area contributed by atoms with E-state index < -0.39 is 12.1 Å². The van der Waals surface area contributed by atoms with Crippen molar-refractivity contribution in [3.63, 3.8) is 0 Å². The zero-order valence-electron chi connectivity index (χ0n) is 17.8. The largest absolute Gasteiger partial charge is 0.479 e. The molecule has 0 radical (unpaired) electrons. The second-order valence-corrected chi connectivity index (χ2v) is 9.09. The van der Waals surface area contributed by atoms with Crippen LogP contribution in [0.3, 0.4) is 0 Å². The van der Waals surface area contributed by atoms with Gasteiger partial charge in [0.1, 0.15) is 0 Å². The molecule has 1 fully saturated rings. The molecule has 1 aromatic carbocycles. The lowest BCUT2D eigenvalue weighted by molar-refractivity contribution is -0.150. The van der Waals surface area contributed by atoms with Gasteiger partial charge in [0, 0.05) is 31.4 Å². The van der Waals surface area contributed by atoms with Gasteiger partial charge in [0.15, 0.2) is 6.10 Å². The molecule has 5 nitrogen and oxygen atoms in total. The van der Waals surface area contributed by atoms with Crippen molar-refractivity contribution in [3.8, 4) is 11.1 Å². The van der Waals surface area contributed by atoms with Gasteiger partial charge in [-0.1, -0.05) is 37.1 Å². The number of benzene rings is 1. The van der Waals surface area contributed by atoms with Crippen LogP contribution in [0.4, 0.5) is 0 Å². The third-order valence-corrected chi connectivity index (χ3v) is 6.68. The molecule has 1 N–H and O–H groups in total. The SMILES string of the molecule is CCO[C@@H](Cc1ccc(-c2csc(CN(C)C(=O)CC3CCCC3)c2)cc1)C(=O)O. The molecule has 0 aliphatic heterocycles. The van der Waals surface area contributed by atoms with E-state index >= 15 is 0 Å². The molecular weight excluding hydrogens is 398 g/mol. The first kappa shape index (κ1) is 22.5. The maximum atomic E-state index is 12.5. The number of ether oxygens (including phenoxy) is 1. The third-order valence-electron chi connectivity index (χ3n) is 5.76. The van der Waals surface area contributed by atoms with Crippen LogP contribution in [0, 0.1) is 5.92 Å². The van der Waals surface area contributed by atoms with Crippen LogP contribution in [-0.2, 0) is 27.3 Å². The molecule has 30 heavy (non-hydrogen) atoms. The number of carboxylic acids is 1. The first-order valence-electron chi connectivity index (χ1n) is 10.7. The fourth-order valence-corrected chi connectivity index (χ4v) is 4.97. The van der Waals surface area contributed by atoms with Gasteiger partial charge in [-0.3, -0.25) is 4.79 Å². The van der Waals surface area contributed by atoms with Crippen molar-refractivity contribution in [3.05, 3.63) is 46.2 Å². The molecule has 1 atom stereocenters. The van der Waals surface area contributed by atoms with E-state index in [2.05, 4.69) is 11.4 Å². The summed E-state index contributed by atoms with van der Waals surface area (Å²) in [5.41, 5.74) is 3.15. The monoisotopic (exact) mass is 429 g/mol. The Morgan fingerprint density at radius 3 is 2.53 bits per heavy atom. The van der Waals surface area contributed by atoms with Crippen LogP contribution >= 0.6 is 11.3 Å². The van der Waals surface area contributed by atoms with Crippen LogP contribution < -0.4 is 0 Å². The summed E-state index contributed by atoms with van der Waals surface area (Å²) in [7, 11) is 1.89. The highest BCUT2D eigenvalue weighted by molar-refractivity contribution is 7.10. The van der Waals surface area contributed by atoms with Gasteiger partial charge in [-0.15, -0.1) is 11.3 Å². The minimum absolute atomic E-state index is 0.239. The number of carbonyl (C=O) groups is 2. The lowest BCUT2D eigenvalue weighted by atomic mass is 10.0. The summed E-state index contributed by atoms with van der Waals surface area (Å²) >= 11 is 1.67. The van der Waals surface area contributed by atoms with Crippen molar-refractivity contribution in [2.75, 3.05) is 13.7 Å². The van der Waals surface area contributed by atoms with Crippen molar-refractivity contribution >= 4 is 23.2 Å². The molecule has 0 bridgehead atoms. The van der Waals surface area contributed by atoms with Gasteiger partial charge in [0.2, 0.25) is 5.91 Å². The van der Waals surface area contributed by atoms with E-state index in [9.17, 15) is 14.7 Å². The molecule has 0 unspecified atom stereocenters. The van der Waals surface area contributed by atoms with Crippen molar-refractivity contribution in [1.29, 1.82) is 0 Å². The summed E-state index contributed by atoms with van der Waals surface area (Å²) in [6.45, 7) is 2.82. The Bertz CT molecular complexity index is 839. The lowest BCUT2D eigenvalue weighted by Crippen LogP contribution is -2.27. The molecule has 1 saturated carbocycles. The van der Waals surface area contributed by atoms with Gasteiger partial charge >= 0.3 is 5.97 Å². The molecule has 2 aromatic rings. The summed E-state index contributed by atoms with van der Waals surface area (Å²) in [5.74, 6) is -0.126. The molecule has 1 amide bonds. The highest BCUT2D eigenvalue weighted by atomic mass is 32.1. The molecule has 1 aromatic heterocycles. The number of aliphatic carboxylic acids is 1. The fraction of sp³-hybridized carbons (Fsp3) is 0.500. The van der Waals surface area contributed by atoms with E-state index in [-0.39, 0.29) is 5.91 Å². The summed E-state index contributed by atoms with van der Waals surface area (Å²) in [4.78, 5) is 26.8. The number of rotatable bonds is 10. The zero-order chi connectivity index (χ0) is 21.5. The second-order valence-electron chi connectivity index (χ2n) is 8.09. The molecule has 6 heteroatoms. The van der Waals surface area contributed by atoms with Crippen LogP contribution in [-0.4, -0.2) is 41.6 Å². The van der Waals surface area contributed by atoms with E-state index in [1.807, 2.05) is 36.2 Å². The molecule has 1 aliphatic carbocycles. The number of thiophene rings is 1. The predicted octanol–water partition coefficient (Wildman–Crippen LogP) is 4.99. The molecule has 0 spiro atoms. The lowest BCUT2D eigenvalue weighted by Gasteiger charge is -2.18. The van der Waals surface area contributed by atoms with Crippen molar-refractivity contribution < 1.29 is 19.4 Å². The van der Waals surface area contributed by atoms with E-state index in [4.69, 9.17) is 4.74 Å². The summed E-state index contributed by atoms with van der Waals surface area (Å²) in [6.07, 6.45) is 5.12. The number of amides is 1. The van der Waals surface area contributed by atoms with Gasteiger partial charge in [-0.25, -0.2) is 4.79 Å². The topological polar surface area (TPSA) is 66.8 Å². The van der Waals surface area contributed by atoms with Crippen molar-refractivity contribution in [2.45, 2.75) is 58.1 Å². The maximum absolute atomic E-state index is 12.5. The van der Waals surface area contributed by atoms with Crippen LogP contribution in [0.15, 0.2) is 35.7 Å². The highest BCUT2D eigenvalue weighted by Gasteiger charge is 2.21. The first-order valence-corrected chi connectivity index (χ1v) is 11.6. The second kappa shape index (κ2) is 10.7. The zero-order valence-corrected chi connectivity index (χ0v) is 18.6. The number of hydrogen-bond donors (Lipinski definition) is 1. The smallest absolute Gasteiger partial charge is 0.333 e. The van der Waals surface area contributed by atoms with Gasteiger partial charge in [-0.2, -0.15) is 0 Å². The Labute approximate surface area is 182 Å². The molecule has 3 rings (SSSR count). The van der Waals surface area contributed by atoms with Crippen molar-refractivity contribution in [2.24, 2.45) is 5.92 Å². The Hall–Kier alpha value is -2.18. The van der Waals surface area contributed by atoms with E-state index in [0.29, 0.717) is 31.9 Å². The average Bonchev–Trinajstić information content (AvgIpc) is 3.40. The van der Waals surface area contributed by atoms with Crippen LogP contribution in [0.25, 0.3) is 11.1 Å². The Balaban J connectivity index is 1.57. The molecular formula is C24H31NO4S. The van der Waals surface area contributed by atoms with Crippen LogP contribution in [0.2, 0.25) is 0 Å². The minimum atomic E-state index is -0.935. The Morgan fingerprint density at radius 1 is 1.20 bits per heavy atom. The molecule has 1 aliphatic rings. The number of hydrogen-bond acceptors (Lipinski definition) is 4. The Morgan fingerprint density at radius 2 is 1.90 bits per heavy atom. The third kappa shape index (κ3) is 6.16. The van der Waals surface area contributed by atoms with Gasteiger partial charge in [-0.05, 0) is 53.8 Å². The average molecular weight is 430 g/mol. The molecule has 1 heterocycles. The Kier molecular flexibility index (Phi) is 8.05. The number of carbonyl (C=O) groups excluding carboxylic acids is 1. The van der Waals surface area contributed by atoms with Gasteiger partial charge in [0.05, 0.1) is 6.54 Å². The fourth-order valence-electron chi connectivity index (χ4n) is 4.02. The van der Waals surface area contributed by atoms with E-state index in [1.54, 1.807) is 18.3 Å².